The average molecular weight is 448 g/mol. The number of halogens is 3. The number of anilines is 2. The van der Waals surface area contributed by atoms with Crippen molar-refractivity contribution < 1.29 is 4.79 Å². The molecule has 0 saturated carbocycles. The highest BCUT2D eigenvalue weighted by molar-refractivity contribution is 9.10. The fraction of sp³-hybridized carbons (Fsp3) is 0.294. The van der Waals surface area contributed by atoms with Crippen LogP contribution in [0.4, 0.5) is 11.5 Å². The molecule has 1 aromatic carbocycles. The molecule has 0 spiro atoms. The molecule has 2 aromatic rings. The minimum atomic E-state index is 0. The first kappa shape index (κ1) is 21.5. The number of carbonyl (C=O) groups is 1. The van der Waals surface area contributed by atoms with Crippen LogP contribution in [0.3, 0.4) is 0 Å². The Hall–Kier alpha value is -1.50. The summed E-state index contributed by atoms with van der Waals surface area (Å²) in [6.07, 6.45) is 1.79. The van der Waals surface area contributed by atoms with Gasteiger partial charge in [-0.1, -0.05) is 6.07 Å². The minimum Gasteiger partial charge on any atom is -0.399 e. The number of nitrogens with two attached hydrogens (primary N) is 1. The number of aromatic nitrogens is 1. The predicted molar refractivity (Wildman–Crippen MR) is 110 cm³/mol. The Morgan fingerprint density at radius 3 is 2.40 bits per heavy atom. The van der Waals surface area contributed by atoms with Crippen LogP contribution in [0.25, 0.3) is 0 Å². The molecule has 8 heteroatoms. The second kappa shape index (κ2) is 9.27. The van der Waals surface area contributed by atoms with Crippen LogP contribution in [0.1, 0.15) is 15.9 Å². The monoisotopic (exact) mass is 446 g/mol. The Morgan fingerprint density at radius 2 is 1.80 bits per heavy atom. The Bertz CT molecular complexity index is 719. The molecule has 1 aliphatic heterocycles. The quantitative estimate of drug-likeness (QED) is 0.715. The lowest BCUT2D eigenvalue weighted by Crippen LogP contribution is -2.49. The zero-order valence-corrected chi connectivity index (χ0v) is 17.0. The van der Waals surface area contributed by atoms with Gasteiger partial charge in [-0.25, -0.2) is 4.98 Å². The summed E-state index contributed by atoms with van der Waals surface area (Å²) < 4.78 is 0.965. The highest BCUT2D eigenvalue weighted by Gasteiger charge is 2.23. The van der Waals surface area contributed by atoms with E-state index >= 15 is 0 Å². The summed E-state index contributed by atoms with van der Waals surface area (Å²) in [5, 5.41) is 0. The largest absolute Gasteiger partial charge is 0.399 e. The Morgan fingerprint density at radius 1 is 1.12 bits per heavy atom. The third kappa shape index (κ3) is 5.00. The molecule has 5 nitrogen and oxygen atoms in total. The van der Waals surface area contributed by atoms with Gasteiger partial charge in [0.15, 0.2) is 0 Å². The molecule has 25 heavy (non-hydrogen) atoms. The van der Waals surface area contributed by atoms with Gasteiger partial charge in [0.25, 0.3) is 5.91 Å². The Balaban J connectivity index is 0.00000156. The van der Waals surface area contributed by atoms with Crippen molar-refractivity contribution >= 4 is 58.2 Å². The van der Waals surface area contributed by atoms with Crippen molar-refractivity contribution in [1.29, 1.82) is 0 Å². The number of nitrogen functional groups attached to an aromatic ring is 1. The highest BCUT2D eigenvalue weighted by Crippen LogP contribution is 2.19. The third-order valence-electron chi connectivity index (χ3n) is 4.09. The van der Waals surface area contributed by atoms with Gasteiger partial charge < -0.3 is 15.5 Å². The van der Waals surface area contributed by atoms with E-state index < -0.39 is 0 Å². The van der Waals surface area contributed by atoms with Crippen LogP contribution in [0.2, 0.25) is 0 Å². The number of hydrogen-bond acceptors (Lipinski definition) is 4. The Kier molecular flexibility index (Phi) is 7.99. The van der Waals surface area contributed by atoms with Gasteiger partial charge in [-0.2, -0.15) is 0 Å². The van der Waals surface area contributed by atoms with Crippen LogP contribution in [0.15, 0.2) is 41.0 Å². The number of aryl methyl sites for hydroxylation is 1. The lowest BCUT2D eigenvalue weighted by Gasteiger charge is -2.35. The van der Waals surface area contributed by atoms with E-state index in [0.717, 1.165) is 28.9 Å². The molecule has 2 N–H and O–H groups in total. The van der Waals surface area contributed by atoms with Gasteiger partial charge in [0.2, 0.25) is 0 Å². The van der Waals surface area contributed by atoms with E-state index in [9.17, 15) is 4.79 Å². The van der Waals surface area contributed by atoms with Gasteiger partial charge in [-0.05, 0) is 52.7 Å². The molecule has 1 aromatic heterocycles. The number of hydrogen-bond donors (Lipinski definition) is 1. The van der Waals surface area contributed by atoms with Crippen LogP contribution in [-0.2, 0) is 0 Å². The summed E-state index contributed by atoms with van der Waals surface area (Å²) >= 11 is 3.39. The number of amides is 1. The van der Waals surface area contributed by atoms with Crippen molar-refractivity contribution in [2.45, 2.75) is 6.92 Å². The predicted octanol–water partition coefficient (Wildman–Crippen LogP) is 3.54. The van der Waals surface area contributed by atoms with Crippen molar-refractivity contribution in [2.24, 2.45) is 0 Å². The number of pyridine rings is 1. The zero-order valence-electron chi connectivity index (χ0n) is 13.8. The maximum Gasteiger partial charge on any atom is 0.254 e. The number of nitrogens with zero attached hydrogens (tertiary/aromatic N) is 3. The molecule has 0 aliphatic carbocycles. The molecule has 3 rings (SSSR count). The van der Waals surface area contributed by atoms with Crippen LogP contribution in [0.5, 0.6) is 0 Å². The standard InChI is InChI=1S/C17H19BrN4O.2ClH/c1-12-2-4-14(19)10-15(12)17(23)22-8-6-21(7-9-22)16-5-3-13(18)11-20-16;;/h2-5,10-11H,6-9,19H2,1H3;2*1H. The van der Waals surface area contributed by atoms with Crippen molar-refractivity contribution in [1.82, 2.24) is 9.88 Å². The molecule has 1 saturated heterocycles. The summed E-state index contributed by atoms with van der Waals surface area (Å²) in [6.45, 7) is 4.87. The molecule has 0 unspecified atom stereocenters. The third-order valence-corrected chi connectivity index (χ3v) is 4.56. The van der Waals surface area contributed by atoms with E-state index in [2.05, 4.69) is 25.8 Å². The van der Waals surface area contributed by atoms with Crippen molar-refractivity contribution in [3.63, 3.8) is 0 Å². The summed E-state index contributed by atoms with van der Waals surface area (Å²) in [6, 6.07) is 9.45. The number of piperazine rings is 1. The molecule has 2 heterocycles. The minimum absolute atomic E-state index is 0. The summed E-state index contributed by atoms with van der Waals surface area (Å²) in [7, 11) is 0. The van der Waals surface area contributed by atoms with Gasteiger partial charge in [-0.15, -0.1) is 24.8 Å². The summed E-state index contributed by atoms with van der Waals surface area (Å²) in [4.78, 5) is 21.2. The van der Waals surface area contributed by atoms with Gasteiger partial charge in [0.05, 0.1) is 0 Å². The van der Waals surface area contributed by atoms with E-state index in [1.54, 1.807) is 12.3 Å². The van der Waals surface area contributed by atoms with Crippen molar-refractivity contribution in [3.05, 3.63) is 52.1 Å². The van der Waals surface area contributed by atoms with Crippen LogP contribution in [-0.4, -0.2) is 42.0 Å². The first-order valence-corrected chi connectivity index (χ1v) is 8.36. The lowest BCUT2D eigenvalue weighted by atomic mass is 10.1. The second-order valence-corrected chi connectivity index (χ2v) is 6.60. The molecule has 0 atom stereocenters. The SMILES string of the molecule is Cc1ccc(N)cc1C(=O)N1CCN(c2ccc(Br)cn2)CC1.Cl.Cl. The van der Waals surface area contributed by atoms with E-state index in [0.29, 0.717) is 24.3 Å². The van der Waals surface area contributed by atoms with Crippen LogP contribution in [0, 0.1) is 6.92 Å². The fourth-order valence-corrected chi connectivity index (χ4v) is 2.97. The smallest absolute Gasteiger partial charge is 0.254 e. The molecule has 136 valence electrons. The van der Waals surface area contributed by atoms with E-state index in [1.807, 2.05) is 36.1 Å². The molecule has 1 fully saturated rings. The molecule has 0 bridgehead atoms. The summed E-state index contributed by atoms with van der Waals surface area (Å²) in [5.74, 6) is 0.999. The topological polar surface area (TPSA) is 62.5 Å². The first-order chi connectivity index (χ1) is 11.0. The van der Waals surface area contributed by atoms with Crippen LogP contribution < -0.4 is 10.6 Å². The normalized spacial score (nSPS) is 13.7. The maximum atomic E-state index is 12.7. The summed E-state index contributed by atoms with van der Waals surface area (Å²) in [5.41, 5.74) is 8.09. The van der Waals surface area contributed by atoms with E-state index in [4.69, 9.17) is 5.73 Å². The molecule has 1 amide bonds. The Labute approximate surface area is 168 Å². The highest BCUT2D eigenvalue weighted by atomic mass is 79.9. The van der Waals surface area contributed by atoms with E-state index in [1.165, 1.54) is 0 Å². The number of rotatable bonds is 2. The molecular formula is C17H21BrCl2N4O. The van der Waals surface area contributed by atoms with Gasteiger partial charge in [0, 0.05) is 48.1 Å². The van der Waals surface area contributed by atoms with Gasteiger partial charge in [0.1, 0.15) is 5.82 Å². The van der Waals surface area contributed by atoms with Gasteiger partial charge in [-0.3, -0.25) is 4.79 Å². The van der Waals surface area contributed by atoms with Gasteiger partial charge >= 0.3 is 0 Å². The van der Waals surface area contributed by atoms with Crippen molar-refractivity contribution in [2.75, 3.05) is 36.8 Å². The molecular weight excluding hydrogens is 427 g/mol. The number of carbonyl (C=O) groups excluding carboxylic acids is 1. The maximum absolute atomic E-state index is 12.7. The van der Waals surface area contributed by atoms with Crippen molar-refractivity contribution in [3.8, 4) is 0 Å². The second-order valence-electron chi connectivity index (χ2n) is 5.69. The number of benzene rings is 1. The molecule has 0 radical (unpaired) electrons. The molecule has 1 aliphatic rings. The zero-order chi connectivity index (χ0) is 16.4. The lowest BCUT2D eigenvalue weighted by molar-refractivity contribution is 0.0746. The average Bonchev–Trinajstić information content (AvgIpc) is 2.57. The van der Waals surface area contributed by atoms with Crippen LogP contribution >= 0.6 is 40.7 Å². The first-order valence-electron chi connectivity index (χ1n) is 7.56. The van der Waals surface area contributed by atoms with E-state index in [-0.39, 0.29) is 30.7 Å². The fourth-order valence-electron chi connectivity index (χ4n) is 2.73.